The van der Waals surface area contributed by atoms with E-state index in [1.165, 1.54) is 6.07 Å². The van der Waals surface area contributed by atoms with Crippen molar-refractivity contribution in [2.24, 2.45) is 4.99 Å². The number of rotatable bonds is 10. The average molecular weight is 468 g/mol. The molecule has 2 aromatic carbocycles. The minimum absolute atomic E-state index is 0.108. The number of carbonyl (C=O) groups is 1. The first-order chi connectivity index (χ1) is 14.6. The molecule has 0 radical (unpaired) electrons. The molecule has 9 nitrogen and oxygen atoms in total. The molecule has 168 valence electrons. The van der Waals surface area contributed by atoms with Crippen LogP contribution in [0.15, 0.2) is 39.0 Å². The van der Waals surface area contributed by atoms with Gasteiger partial charge in [0.2, 0.25) is 0 Å². The number of benzene rings is 2. The maximum absolute atomic E-state index is 11.8. The van der Waals surface area contributed by atoms with E-state index in [9.17, 15) is 23.0 Å². The fourth-order valence-electron chi connectivity index (χ4n) is 4.02. The molecule has 1 aliphatic rings. The van der Waals surface area contributed by atoms with Gasteiger partial charge in [0.15, 0.2) is 0 Å². The zero-order chi connectivity index (χ0) is 22.8. The molecule has 1 unspecified atom stereocenters. The Morgan fingerprint density at radius 3 is 2.61 bits per heavy atom. The highest BCUT2D eigenvalue weighted by Gasteiger charge is 2.38. The molecule has 1 atom stereocenters. The predicted molar refractivity (Wildman–Crippen MR) is 111 cm³/mol. The summed E-state index contributed by atoms with van der Waals surface area (Å²) in [4.78, 5) is 15.2. The zero-order valence-electron chi connectivity index (χ0n) is 16.9. The molecular formula is C20H21NO8S2-2. The van der Waals surface area contributed by atoms with Crippen molar-refractivity contribution in [3.05, 3.63) is 29.8 Å². The van der Waals surface area contributed by atoms with Crippen LogP contribution in [-0.2, 0) is 29.7 Å². The van der Waals surface area contributed by atoms with Crippen LogP contribution in [0, 0.1) is 0 Å². The molecule has 0 aliphatic carbocycles. The van der Waals surface area contributed by atoms with Gasteiger partial charge in [0.1, 0.15) is 10.1 Å². The number of carboxylic acid groups (broad SMARTS) is 1. The van der Waals surface area contributed by atoms with Gasteiger partial charge in [0.25, 0.3) is 0 Å². The van der Waals surface area contributed by atoms with E-state index in [1.54, 1.807) is 12.1 Å². The van der Waals surface area contributed by atoms with Crippen LogP contribution in [-0.4, -0.2) is 29.8 Å². The Bertz CT molecular complexity index is 1150. The Kier molecular flexibility index (Phi) is 7.04. The number of aliphatic carboxylic acids is 1. The number of unbranched alkanes of at least 4 members (excludes halogenated alkanes) is 2. The topological polar surface area (TPSA) is 148 Å². The van der Waals surface area contributed by atoms with E-state index in [4.69, 9.17) is 5.11 Å². The number of hydrogen-bond donors (Lipinski definition) is 1. The highest BCUT2D eigenvalue weighted by molar-refractivity contribution is 7.94. The first kappa shape index (κ1) is 23.6. The minimum Gasteiger partial charge on any atom is -0.744 e. The largest absolute Gasteiger partial charge is 0.744 e. The lowest BCUT2D eigenvalue weighted by Crippen LogP contribution is -2.27. The molecule has 1 aliphatic heterocycles. The Hall–Kier alpha value is -2.02. The third-order valence-corrected chi connectivity index (χ3v) is 7.15. The Morgan fingerprint density at radius 2 is 1.97 bits per heavy atom. The molecule has 0 saturated carbocycles. The van der Waals surface area contributed by atoms with Crippen molar-refractivity contribution in [1.29, 1.82) is 0 Å². The average Bonchev–Trinajstić information content (AvgIpc) is 2.95. The maximum Gasteiger partial charge on any atom is 0.303 e. The first-order valence-corrected chi connectivity index (χ1v) is 11.7. The van der Waals surface area contributed by atoms with E-state index in [0.717, 1.165) is 30.2 Å². The van der Waals surface area contributed by atoms with E-state index >= 15 is 0 Å². The lowest BCUT2D eigenvalue weighted by atomic mass is 9.74. The Balaban J connectivity index is 2.08. The van der Waals surface area contributed by atoms with Gasteiger partial charge in [-0.05, 0) is 54.3 Å². The number of fused-ring (bicyclic) bond motifs is 3. The SMILES string of the molecule is CC1=Nc2ccc3c(SOO[O-])cc(S(=O)(=O)[O-])cc3c2C1(C)CCCCCC(=O)O. The van der Waals surface area contributed by atoms with Crippen molar-refractivity contribution in [2.45, 2.75) is 61.2 Å². The highest BCUT2D eigenvalue weighted by Crippen LogP contribution is 2.48. The molecule has 1 heterocycles. The van der Waals surface area contributed by atoms with Gasteiger partial charge in [-0.25, -0.2) is 8.42 Å². The summed E-state index contributed by atoms with van der Waals surface area (Å²) >= 11 is 0.523. The van der Waals surface area contributed by atoms with Crippen molar-refractivity contribution >= 4 is 50.3 Å². The van der Waals surface area contributed by atoms with Crippen molar-refractivity contribution in [1.82, 2.24) is 0 Å². The number of carboxylic acids is 1. The number of hydrogen-bond acceptors (Lipinski definition) is 9. The van der Waals surface area contributed by atoms with Gasteiger partial charge in [0.05, 0.1) is 22.6 Å². The molecule has 31 heavy (non-hydrogen) atoms. The second kappa shape index (κ2) is 9.23. The summed E-state index contributed by atoms with van der Waals surface area (Å²) in [6.45, 7) is 3.89. The second-order valence-corrected chi connectivity index (χ2v) is 9.76. The van der Waals surface area contributed by atoms with Crippen LogP contribution in [0.1, 0.15) is 51.5 Å². The summed E-state index contributed by atoms with van der Waals surface area (Å²) < 4.78 is 39.6. The van der Waals surface area contributed by atoms with Gasteiger partial charge in [0, 0.05) is 22.4 Å². The van der Waals surface area contributed by atoms with E-state index in [1.807, 2.05) is 13.8 Å². The minimum atomic E-state index is -4.77. The second-order valence-electron chi connectivity index (χ2n) is 7.63. The predicted octanol–water partition coefficient (Wildman–Crippen LogP) is 3.37. The van der Waals surface area contributed by atoms with Crippen LogP contribution in [0.5, 0.6) is 0 Å². The Morgan fingerprint density at radius 1 is 1.23 bits per heavy atom. The lowest BCUT2D eigenvalue weighted by Gasteiger charge is -2.28. The maximum atomic E-state index is 11.8. The van der Waals surface area contributed by atoms with Gasteiger partial charge >= 0.3 is 5.97 Å². The fraction of sp³-hybridized carbons (Fsp3) is 0.400. The molecule has 0 bridgehead atoms. The summed E-state index contributed by atoms with van der Waals surface area (Å²) in [5.74, 6) is -0.832. The molecular weight excluding hydrogens is 446 g/mol. The number of nitrogens with zero attached hydrogens (tertiary/aromatic N) is 1. The summed E-state index contributed by atoms with van der Waals surface area (Å²) in [6.07, 6.45) is 2.82. The van der Waals surface area contributed by atoms with E-state index in [0.29, 0.717) is 41.3 Å². The molecule has 11 heteroatoms. The van der Waals surface area contributed by atoms with Gasteiger partial charge in [-0.1, -0.05) is 25.8 Å². The van der Waals surface area contributed by atoms with Crippen LogP contribution in [0.2, 0.25) is 0 Å². The summed E-state index contributed by atoms with van der Waals surface area (Å²) in [5, 5.41) is 23.6. The van der Waals surface area contributed by atoms with E-state index in [-0.39, 0.29) is 11.3 Å². The van der Waals surface area contributed by atoms with E-state index < -0.39 is 26.4 Å². The van der Waals surface area contributed by atoms with Crippen molar-refractivity contribution in [2.75, 3.05) is 0 Å². The van der Waals surface area contributed by atoms with Crippen LogP contribution in [0.25, 0.3) is 10.8 Å². The van der Waals surface area contributed by atoms with Crippen molar-refractivity contribution in [3.63, 3.8) is 0 Å². The van der Waals surface area contributed by atoms with Crippen LogP contribution in [0.3, 0.4) is 0 Å². The van der Waals surface area contributed by atoms with Gasteiger partial charge in [-0.2, -0.15) is 4.33 Å². The monoisotopic (exact) mass is 467 g/mol. The quantitative estimate of drug-likeness (QED) is 0.182. The normalized spacial score (nSPS) is 18.3. The molecule has 0 saturated heterocycles. The first-order valence-electron chi connectivity index (χ1n) is 9.56. The third-order valence-electron chi connectivity index (χ3n) is 5.70. The van der Waals surface area contributed by atoms with Gasteiger partial charge in [-0.15, -0.1) is 0 Å². The van der Waals surface area contributed by atoms with Crippen molar-refractivity contribution in [3.8, 4) is 0 Å². The molecule has 0 spiro atoms. The molecule has 1 N–H and O–H groups in total. The van der Waals surface area contributed by atoms with Gasteiger partial charge in [-0.3, -0.25) is 14.8 Å². The highest BCUT2D eigenvalue weighted by atomic mass is 32.2. The zero-order valence-corrected chi connectivity index (χ0v) is 18.5. The van der Waals surface area contributed by atoms with Crippen LogP contribution >= 0.6 is 12.0 Å². The summed E-state index contributed by atoms with van der Waals surface area (Å²) in [5.41, 5.74) is 1.78. The summed E-state index contributed by atoms with van der Waals surface area (Å²) in [7, 11) is -4.77. The fourth-order valence-corrected chi connectivity index (χ4v) is 5.17. The molecule has 0 aromatic heterocycles. The smallest absolute Gasteiger partial charge is 0.303 e. The van der Waals surface area contributed by atoms with Crippen molar-refractivity contribution < 1.29 is 37.5 Å². The molecule has 2 aromatic rings. The standard InChI is InChI=1S/C20H23NO8S2/c1-12-20(2,9-5-3-4-6-18(22)23)19-15-10-13(31(25,26)27)11-17(30-29-28-24)14(15)7-8-16(19)21-12/h7-8,10-11,24H,3-6,9H2,1-2H3,(H,22,23)(H,25,26,27)/p-2. The Labute approximate surface area is 183 Å². The number of aliphatic imine (C=N–C) groups is 1. The molecule has 3 rings (SSSR count). The third kappa shape index (κ3) is 4.92. The lowest BCUT2D eigenvalue weighted by molar-refractivity contribution is -0.777. The summed E-state index contributed by atoms with van der Waals surface area (Å²) in [6, 6.07) is 5.99. The van der Waals surface area contributed by atoms with Gasteiger partial charge < -0.3 is 14.9 Å². The molecule has 0 fully saturated rings. The van der Waals surface area contributed by atoms with E-state index in [2.05, 4.69) is 14.4 Å². The molecule has 0 amide bonds. The van der Waals surface area contributed by atoms with Crippen LogP contribution in [0.4, 0.5) is 5.69 Å². The van der Waals surface area contributed by atoms with Crippen LogP contribution < -0.4 is 5.26 Å².